The third-order valence-electron chi connectivity index (χ3n) is 2.45. The molecule has 19 heavy (non-hydrogen) atoms. The lowest BCUT2D eigenvalue weighted by atomic mass is 10.1. The maximum absolute atomic E-state index is 12.9. The largest absolute Gasteiger partial charge is 0.417 e. The van der Waals surface area contributed by atoms with Crippen molar-refractivity contribution in [2.24, 2.45) is 0 Å². The van der Waals surface area contributed by atoms with Crippen LogP contribution in [0.2, 0.25) is 0 Å². The van der Waals surface area contributed by atoms with E-state index in [-0.39, 0.29) is 10.5 Å². The number of hydrogen-bond donors (Lipinski definition) is 1. The Morgan fingerprint density at radius 3 is 2.63 bits per heavy atom. The highest BCUT2D eigenvalue weighted by Crippen LogP contribution is 2.33. The molecule has 1 rings (SSSR count). The van der Waals surface area contributed by atoms with Crippen LogP contribution in [-0.4, -0.2) is 17.8 Å². The van der Waals surface area contributed by atoms with Crippen LogP contribution in [-0.2, 0) is 6.18 Å². The van der Waals surface area contributed by atoms with Gasteiger partial charge in [0.15, 0.2) is 0 Å². The van der Waals surface area contributed by atoms with E-state index < -0.39 is 23.2 Å². The van der Waals surface area contributed by atoms with Gasteiger partial charge in [-0.2, -0.15) is 13.2 Å². The Balaban J connectivity index is 3.03. The number of nitrogens with one attached hydrogen (secondary N) is 1. The number of amides is 1. The van der Waals surface area contributed by atoms with E-state index in [1.54, 1.807) is 6.92 Å². The fourth-order valence-corrected chi connectivity index (χ4v) is 2.17. The monoisotopic (exact) mass is 357 g/mol. The van der Waals surface area contributed by atoms with E-state index in [0.717, 1.165) is 12.1 Å². The summed E-state index contributed by atoms with van der Waals surface area (Å²) in [5.41, 5.74) is -1.35. The molecule has 1 N–H and O–H groups in total. The average Bonchev–Trinajstić information content (AvgIpc) is 2.27. The molecule has 0 spiro atoms. The summed E-state index contributed by atoms with van der Waals surface area (Å²) in [5.74, 6) is -0.425. The second kappa shape index (κ2) is 6.61. The summed E-state index contributed by atoms with van der Waals surface area (Å²) in [4.78, 5) is 11.8. The molecular formula is C12H12BrClF3NO. The predicted octanol–water partition coefficient (Wildman–Crippen LogP) is 4.22. The van der Waals surface area contributed by atoms with Crippen LogP contribution in [0.25, 0.3) is 0 Å². The maximum atomic E-state index is 12.9. The molecule has 0 saturated carbocycles. The van der Waals surface area contributed by atoms with Crippen molar-refractivity contribution in [1.82, 2.24) is 5.32 Å². The molecule has 1 unspecified atom stereocenters. The third kappa shape index (κ3) is 4.69. The predicted molar refractivity (Wildman–Crippen MR) is 71.4 cm³/mol. The van der Waals surface area contributed by atoms with Gasteiger partial charge in [0.25, 0.3) is 5.91 Å². The van der Waals surface area contributed by atoms with E-state index in [1.165, 1.54) is 6.07 Å². The zero-order valence-corrected chi connectivity index (χ0v) is 12.4. The summed E-state index contributed by atoms with van der Waals surface area (Å²) in [6.07, 6.45) is -4.09. The second-order valence-electron chi connectivity index (χ2n) is 4.04. The topological polar surface area (TPSA) is 29.1 Å². The van der Waals surface area contributed by atoms with Crippen LogP contribution in [0.1, 0.15) is 29.3 Å². The van der Waals surface area contributed by atoms with Crippen molar-refractivity contribution in [3.05, 3.63) is 33.8 Å². The van der Waals surface area contributed by atoms with E-state index in [0.29, 0.717) is 12.3 Å². The maximum Gasteiger partial charge on any atom is 0.417 e. The summed E-state index contributed by atoms with van der Waals surface area (Å²) in [5, 5.41) is 2.49. The zero-order valence-electron chi connectivity index (χ0n) is 10.0. The summed E-state index contributed by atoms with van der Waals surface area (Å²) in [7, 11) is 0. The van der Waals surface area contributed by atoms with Gasteiger partial charge in [0.2, 0.25) is 0 Å². The van der Waals surface area contributed by atoms with Crippen molar-refractivity contribution in [3.63, 3.8) is 0 Å². The summed E-state index contributed by atoms with van der Waals surface area (Å²) >= 11 is 8.48. The molecule has 0 aliphatic rings. The first-order valence-electron chi connectivity index (χ1n) is 5.49. The lowest BCUT2D eigenvalue weighted by Crippen LogP contribution is -2.34. The quantitative estimate of drug-likeness (QED) is 0.803. The molecule has 0 saturated heterocycles. The van der Waals surface area contributed by atoms with Crippen LogP contribution >= 0.6 is 27.5 Å². The van der Waals surface area contributed by atoms with Crippen LogP contribution in [0, 0.1) is 0 Å². The summed E-state index contributed by atoms with van der Waals surface area (Å²) in [6, 6.07) is 3.15. The van der Waals surface area contributed by atoms with Gasteiger partial charge >= 0.3 is 6.18 Å². The Morgan fingerprint density at radius 1 is 1.47 bits per heavy atom. The van der Waals surface area contributed by atoms with E-state index in [1.807, 2.05) is 0 Å². The Kier molecular flexibility index (Phi) is 5.67. The Labute approximate surface area is 122 Å². The highest BCUT2D eigenvalue weighted by Gasteiger charge is 2.35. The fraction of sp³-hybridized carbons (Fsp3) is 0.417. The molecule has 0 aliphatic carbocycles. The van der Waals surface area contributed by atoms with E-state index in [4.69, 9.17) is 11.6 Å². The number of rotatable bonds is 4. The minimum atomic E-state index is -4.58. The van der Waals surface area contributed by atoms with Gasteiger partial charge in [-0.1, -0.05) is 15.9 Å². The first kappa shape index (κ1) is 16.3. The van der Waals surface area contributed by atoms with Gasteiger partial charge in [-0.25, -0.2) is 0 Å². The van der Waals surface area contributed by atoms with Crippen molar-refractivity contribution < 1.29 is 18.0 Å². The molecule has 1 atom stereocenters. The summed E-state index contributed by atoms with van der Waals surface area (Å²) in [6.45, 7) is 1.69. The first-order chi connectivity index (χ1) is 8.75. The number of carbonyl (C=O) groups excluding carboxylic acids is 1. The van der Waals surface area contributed by atoms with Crippen LogP contribution in [0.5, 0.6) is 0 Å². The molecule has 7 heteroatoms. The van der Waals surface area contributed by atoms with Gasteiger partial charge in [0.05, 0.1) is 11.1 Å². The Hall–Kier alpha value is -0.750. The number of alkyl halides is 4. The lowest BCUT2D eigenvalue weighted by molar-refractivity contribution is -0.138. The molecular weight excluding hydrogens is 346 g/mol. The standard InChI is InChI=1S/C12H12BrClF3NO/c1-7(4-5-14)18-11(19)9-3-2-8(13)6-10(9)12(15,16)17/h2-3,6-7H,4-5H2,1H3,(H,18,19). The molecule has 0 aliphatic heterocycles. The number of hydrogen-bond acceptors (Lipinski definition) is 1. The fourth-order valence-electron chi connectivity index (χ4n) is 1.49. The number of benzene rings is 1. The smallest absolute Gasteiger partial charge is 0.350 e. The SMILES string of the molecule is CC(CCCl)NC(=O)c1ccc(Br)cc1C(F)(F)F. The van der Waals surface area contributed by atoms with Gasteiger partial charge in [-0.15, -0.1) is 11.6 Å². The third-order valence-corrected chi connectivity index (χ3v) is 3.16. The van der Waals surface area contributed by atoms with E-state index in [9.17, 15) is 18.0 Å². The molecule has 0 aromatic heterocycles. The molecule has 1 aromatic rings. The molecule has 0 heterocycles. The van der Waals surface area contributed by atoms with Crippen LogP contribution in [0.3, 0.4) is 0 Å². The molecule has 1 aromatic carbocycles. The van der Waals surface area contributed by atoms with Gasteiger partial charge < -0.3 is 5.32 Å². The first-order valence-corrected chi connectivity index (χ1v) is 6.82. The minimum Gasteiger partial charge on any atom is -0.350 e. The van der Waals surface area contributed by atoms with Crippen LogP contribution in [0.4, 0.5) is 13.2 Å². The van der Waals surface area contributed by atoms with Crippen LogP contribution < -0.4 is 5.32 Å². The summed E-state index contributed by atoms with van der Waals surface area (Å²) < 4.78 is 38.8. The number of carbonyl (C=O) groups is 1. The average molecular weight is 359 g/mol. The van der Waals surface area contributed by atoms with Gasteiger partial charge in [-0.3, -0.25) is 4.79 Å². The minimum absolute atomic E-state index is 0.269. The molecule has 0 fully saturated rings. The van der Waals surface area contributed by atoms with Crippen molar-refractivity contribution >= 4 is 33.4 Å². The number of halogens is 5. The zero-order chi connectivity index (χ0) is 14.6. The van der Waals surface area contributed by atoms with Crippen LogP contribution in [0.15, 0.2) is 22.7 Å². The van der Waals surface area contributed by atoms with E-state index >= 15 is 0 Å². The van der Waals surface area contributed by atoms with Crippen molar-refractivity contribution in [2.75, 3.05) is 5.88 Å². The molecule has 1 amide bonds. The lowest BCUT2D eigenvalue weighted by Gasteiger charge is -2.16. The van der Waals surface area contributed by atoms with Gasteiger partial charge in [0, 0.05) is 16.4 Å². The Morgan fingerprint density at radius 2 is 2.11 bits per heavy atom. The normalized spacial score (nSPS) is 13.2. The highest BCUT2D eigenvalue weighted by molar-refractivity contribution is 9.10. The molecule has 0 radical (unpaired) electrons. The van der Waals surface area contributed by atoms with Crippen molar-refractivity contribution in [2.45, 2.75) is 25.6 Å². The molecule has 2 nitrogen and oxygen atoms in total. The van der Waals surface area contributed by atoms with Crippen molar-refractivity contribution in [3.8, 4) is 0 Å². The van der Waals surface area contributed by atoms with Crippen molar-refractivity contribution in [1.29, 1.82) is 0 Å². The Bertz CT molecular complexity index is 465. The van der Waals surface area contributed by atoms with Gasteiger partial charge in [-0.05, 0) is 31.5 Å². The molecule has 0 bridgehead atoms. The van der Waals surface area contributed by atoms with Gasteiger partial charge in [0.1, 0.15) is 0 Å². The molecule has 106 valence electrons. The highest BCUT2D eigenvalue weighted by atomic mass is 79.9. The second-order valence-corrected chi connectivity index (χ2v) is 5.33. The van der Waals surface area contributed by atoms with E-state index in [2.05, 4.69) is 21.2 Å².